The fourth-order valence-corrected chi connectivity index (χ4v) is 0.963. The Morgan fingerprint density at radius 2 is 1.83 bits per heavy atom. The van der Waals surface area contributed by atoms with Crippen molar-refractivity contribution in [3.05, 3.63) is 24.3 Å². The van der Waals surface area contributed by atoms with Crippen LogP contribution >= 0.6 is 12.2 Å². The Labute approximate surface area is 77.4 Å². The van der Waals surface area contributed by atoms with E-state index in [0.29, 0.717) is 0 Å². The van der Waals surface area contributed by atoms with Crippen LogP contribution in [0.25, 0.3) is 0 Å². The number of aromatic hydroxyl groups is 1. The molecule has 1 aromatic rings. The number of benzene rings is 1. The van der Waals surface area contributed by atoms with Gasteiger partial charge in [0.15, 0.2) is 0 Å². The molecule has 0 fully saturated rings. The molecule has 0 atom stereocenters. The number of phenolic OH excluding ortho intramolecular Hbond substituents is 1. The molecule has 0 spiro atoms. The molecular weight excluding hydrogens is 170 g/mol. The molecule has 1 aromatic carbocycles. The molecule has 0 heterocycles. The van der Waals surface area contributed by atoms with E-state index in [-0.39, 0.29) is 5.75 Å². The lowest BCUT2D eigenvalue weighted by Gasteiger charge is -2.16. The van der Waals surface area contributed by atoms with Crippen LogP contribution in [-0.4, -0.2) is 17.1 Å². The summed E-state index contributed by atoms with van der Waals surface area (Å²) in [5, 5.41) is 9.03. The van der Waals surface area contributed by atoms with Crippen molar-refractivity contribution >= 4 is 22.9 Å². The van der Waals surface area contributed by atoms with E-state index in [0.717, 1.165) is 10.7 Å². The molecule has 1 N–H and O–H groups in total. The van der Waals surface area contributed by atoms with E-state index >= 15 is 0 Å². The van der Waals surface area contributed by atoms with Gasteiger partial charge in [-0.25, -0.2) is 0 Å². The topological polar surface area (TPSA) is 23.5 Å². The summed E-state index contributed by atoms with van der Waals surface area (Å²) >= 11 is 5.00. The molecule has 3 heteroatoms. The van der Waals surface area contributed by atoms with Crippen molar-refractivity contribution in [2.75, 3.05) is 11.9 Å². The summed E-state index contributed by atoms with van der Waals surface area (Å²) in [6.07, 6.45) is 0. The van der Waals surface area contributed by atoms with E-state index in [1.54, 1.807) is 12.1 Å². The summed E-state index contributed by atoms with van der Waals surface area (Å²) < 4.78 is 0. The van der Waals surface area contributed by atoms with Gasteiger partial charge in [-0.05, 0) is 31.2 Å². The van der Waals surface area contributed by atoms with E-state index in [9.17, 15) is 0 Å². The number of hydrogen-bond acceptors (Lipinski definition) is 2. The van der Waals surface area contributed by atoms with Gasteiger partial charge >= 0.3 is 0 Å². The van der Waals surface area contributed by atoms with Gasteiger partial charge < -0.3 is 10.0 Å². The highest BCUT2D eigenvalue weighted by Gasteiger charge is 2.00. The van der Waals surface area contributed by atoms with Crippen LogP contribution in [0.5, 0.6) is 5.75 Å². The summed E-state index contributed by atoms with van der Waals surface area (Å²) in [6, 6.07) is 6.94. The minimum atomic E-state index is 0.272. The molecule has 0 unspecified atom stereocenters. The molecule has 64 valence electrons. The van der Waals surface area contributed by atoms with Crippen molar-refractivity contribution in [2.24, 2.45) is 0 Å². The van der Waals surface area contributed by atoms with Gasteiger partial charge in [0.25, 0.3) is 0 Å². The number of phenols is 1. The lowest BCUT2D eigenvalue weighted by Crippen LogP contribution is -2.20. The second-order valence-corrected chi connectivity index (χ2v) is 3.19. The fourth-order valence-electron chi connectivity index (χ4n) is 0.858. The lowest BCUT2D eigenvalue weighted by molar-refractivity contribution is 0.475. The van der Waals surface area contributed by atoms with Gasteiger partial charge in [0.05, 0.1) is 4.99 Å². The highest BCUT2D eigenvalue weighted by atomic mass is 32.1. The first-order valence-electron chi connectivity index (χ1n) is 3.64. The van der Waals surface area contributed by atoms with Crippen LogP contribution in [0.3, 0.4) is 0 Å². The number of anilines is 1. The summed E-state index contributed by atoms with van der Waals surface area (Å²) in [4.78, 5) is 2.69. The van der Waals surface area contributed by atoms with Crippen molar-refractivity contribution in [2.45, 2.75) is 6.92 Å². The van der Waals surface area contributed by atoms with E-state index in [2.05, 4.69) is 0 Å². The average molecular weight is 181 g/mol. The molecule has 0 saturated heterocycles. The minimum Gasteiger partial charge on any atom is -0.508 e. The van der Waals surface area contributed by atoms with Crippen LogP contribution in [0.15, 0.2) is 24.3 Å². The van der Waals surface area contributed by atoms with E-state index in [4.69, 9.17) is 17.3 Å². The Morgan fingerprint density at radius 3 is 2.25 bits per heavy atom. The van der Waals surface area contributed by atoms with Gasteiger partial charge in [-0.3, -0.25) is 0 Å². The molecule has 0 bridgehead atoms. The zero-order valence-corrected chi connectivity index (χ0v) is 7.93. The highest BCUT2D eigenvalue weighted by molar-refractivity contribution is 7.80. The van der Waals surface area contributed by atoms with Crippen LogP contribution in [-0.2, 0) is 0 Å². The van der Waals surface area contributed by atoms with Gasteiger partial charge in [-0.2, -0.15) is 0 Å². The number of thiocarbonyl (C=S) groups is 1. The van der Waals surface area contributed by atoms with Crippen LogP contribution in [0.1, 0.15) is 6.92 Å². The van der Waals surface area contributed by atoms with Crippen LogP contribution in [0, 0.1) is 0 Å². The Balaban J connectivity index is 2.89. The largest absolute Gasteiger partial charge is 0.508 e. The summed E-state index contributed by atoms with van der Waals surface area (Å²) in [5.74, 6) is 0.272. The van der Waals surface area contributed by atoms with Crippen LogP contribution in [0.4, 0.5) is 5.69 Å². The second kappa shape index (κ2) is 3.54. The second-order valence-electron chi connectivity index (χ2n) is 2.59. The SMILES string of the molecule is CC(=S)N(C)c1ccc(O)cc1. The standard InChI is InChI=1S/C9H11NOS/c1-7(12)10(2)8-3-5-9(11)6-4-8/h3-6,11H,1-2H3. The predicted molar refractivity (Wildman–Crippen MR) is 54.8 cm³/mol. The van der Waals surface area contributed by atoms with Gasteiger partial charge in [0.2, 0.25) is 0 Å². The molecule has 0 radical (unpaired) electrons. The Bertz CT molecular complexity index is 281. The van der Waals surface area contributed by atoms with E-state index in [1.165, 1.54) is 0 Å². The smallest absolute Gasteiger partial charge is 0.115 e. The molecule has 0 aromatic heterocycles. The first-order chi connectivity index (χ1) is 5.61. The molecule has 1 rings (SSSR count). The first kappa shape index (κ1) is 9.00. The lowest BCUT2D eigenvalue weighted by atomic mass is 10.3. The fraction of sp³-hybridized carbons (Fsp3) is 0.222. The number of nitrogens with zero attached hydrogens (tertiary/aromatic N) is 1. The zero-order chi connectivity index (χ0) is 9.14. The molecule has 0 aliphatic heterocycles. The maximum Gasteiger partial charge on any atom is 0.115 e. The molecule has 12 heavy (non-hydrogen) atoms. The average Bonchev–Trinajstić information content (AvgIpc) is 2.04. The van der Waals surface area contributed by atoms with Crippen molar-refractivity contribution in [1.82, 2.24) is 0 Å². The third kappa shape index (κ3) is 1.95. The molecule has 0 saturated carbocycles. The van der Waals surface area contributed by atoms with Crippen LogP contribution in [0.2, 0.25) is 0 Å². The Kier molecular flexibility index (Phi) is 2.65. The number of rotatable bonds is 1. The van der Waals surface area contributed by atoms with Gasteiger partial charge in [-0.1, -0.05) is 12.2 Å². The van der Waals surface area contributed by atoms with Gasteiger partial charge in [-0.15, -0.1) is 0 Å². The van der Waals surface area contributed by atoms with Crippen molar-refractivity contribution in [1.29, 1.82) is 0 Å². The normalized spacial score (nSPS) is 9.50. The summed E-state index contributed by atoms with van der Waals surface area (Å²) in [6.45, 7) is 1.86. The third-order valence-corrected chi connectivity index (χ3v) is 1.98. The zero-order valence-electron chi connectivity index (χ0n) is 7.11. The monoisotopic (exact) mass is 181 g/mol. The van der Waals surface area contributed by atoms with E-state index in [1.807, 2.05) is 31.0 Å². The Hall–Kier alpha value is -1.09. The Morgan fingerprint density at radius 1 is 1.33 bits per heavy atom. The maximum atomic E-state index is 9.03. The van der Waals surface area contributed by atoms with Gasteiger partial charge in [0.1, 0.15) is 5.75 Å². The molecule has 2 nitrogen and oxygen atoms in total. The van der Waals surface area contributed by atoms with Crippen molar-refractivity contribution in [3.63, 3.8) is 0 Å². The molecule has 0 aliphatic rings. The van der Waals surface area contributed by atoms with Gasteiger partial charge in [0, 0.05) is 12.7 Å². The predicted octanol–water partition coefficient (Wildman–Crippen LogP) is 2.18. The summed E-state index contributed by atoms with van der Waals surface area (Å²) in [5.41, 5.74) is 0.986. The highest BCUT2D eigenvalue weighted by Crippen LogP contribution is 2.17. The third-order valence-electron chi connectivity index (χ3n) is 1.71. The van der Waals surface area contributed by atoms with E-state index < -0.39 is 0 Å². The molecule has 0 amide bonds. The molecule has 0 aliphatic carbocycles. The summed E-state index contributed by atoms with van der Waals surface area (Å²) in [7, 11) is 1.90. The minimum absolute atomic E-state index is 0.272. The van der Waals surface area contributed by atoms with Crippen molar-refractivity contribution in [3.8, 4) is 5.75 Å². The maximum absolute atomic E-state index is 9.03. The molecular formula is C9H11NOS. The van der Waals surface area contributed by atoms with Crippen molar-refractivity contribution < 1.29 is 5.11 Å². The number of hydrogen-bond donors (Lipinski definition) is 1. The van der Waals surface area contributed by atoms with Crippen LogP contribution < -0.4 is 4.90 Å². The first-order valence-corrected chi connectivity index (χ1v) is 4.05. The quantitative estimate of drug-likeness (QED) is 0.672.